The molecular formula is C21H19ClN2O4S. The summed E-state index contributed by atoms with van der Waals surface area (Å²) in [6.45, 7) is 0.934. The lowest BCUT2D eigenvalue weighted by Gasteiger charge is -2.17. The number of rotatable bonds is 6. The molecule has 1 saturated heterocycles. The molecule has 2 aliphatic rings. The van der Waals surface area contributed by atoms with Gasteiger partial charge in [0.15, 0.2) is 0 Å². The Balaban J connectivity index is 1.39. The average molecular weight is 431 g/mol. The fourth-order valence-corrected chi connectivity index (χ4v) is 4.23. The Morgan fingerprint density at radius 2 is 1.90 bits per heavy atom. The molecule has 1 atom stereocenters. The lowest BCUT2D eigenvalue weighted by atomic mass is 10.1. The van der Waals surface area contributed by atoms with Gasteiger partial charge in [0.05, 0.1) is 29.5 Å². The first-order chi connectivity index (χ1) is 14.0. The molecule has 0 bridgehead atoms. The van der Waals surface area contributed by atoms with Gasteiger partial charge in [0, 0.05) is 22.2 Å². The average Bonchev–Trinajstić information content (AvgIpc) is 3.31. The number of fused-ring (bicyclic) bond motifs is 1. The third-order valence-corrected chi connectivity index (χ3v) is 6.11. The molecule has 1 N–H and O–H groups in total. The SMILES string of the molecule is O=C(CSc1ccc(Cl)cc1)Nc1ccc2c(c1)C(=O)N(CC1CCCO1)C2=O. The second kappa shape index (κ2) is 8.57. The Morgan fingerprint density at radius 3 is 2.62 bits per heavy atom. The lowest BCUT2D eigenvalue weighted by molar-refractivity contribution is -0.113. The molecule has 0 saturated carbocycles. The molecule has 1 fully saturated rings. The Labute approximate surface area is 177 Å². The number of hydrogen-bond donors (Lipinski definition) is 1. The van der Waals surface area contributed by atoms with Gasteiger partial charge < -0.3 is 10.1 Å². The predicted molar refractivity (Wildman–Crippen MR) is 112 cm³/mol. The number of nitrogens with one attached hydrogen (secondary N) is 1. The van der Waals surface area contributed by atoms with Gasteiger partial charge in [-0.1, -0.05) is 11.6 Å². The summed E-state index contributed by atoms with van der Waals surface area (Å²) in [7, 11) is 0. The van der Waals surface area contributed by atoms with Gasteiger partial charge in [-0.05, 0) is 55.3 Å². The highest BCUT2D eigenvalue weighted by Gasteiger charge is 2.37. The number of halogens is 1. The van der Waals surface area contributed by atoms with E-state index >= 15 is 0 Å². The smallest absolute Gasteiger partial charge is 0.261 e. The number of ether oxygens (including phenoxy) is 1. The zero-order valence-electron chi connectivity index (χ0n) is 15.5. The summed E-state index contributed by atoms with van der Waals surface area (Å²) in [4.78, 5) is 39.7. The second-order valence-electron chi connectivity index (χ2n) is 6.91. The molecule has 29 heavy (non-hydrogen) atoms. The molecule has 150 valence electrons. The van der Waals surface area contributed by atoms with E-state index in [0.717, 1.165) is 17.7 Å². The van der Waals surface area contributed by atoms with Crippen molar-refractivity contribution in [1.82, 2.24) is 4.90 Å². The van der Waals surface area contributed by atoms with Crippen molar-refractivity contribution < 1.29 is 19.1 Å². The predicted octanol–water partition coefficient (Wildman–Crippen LogP) is 3.85. The number of carbonyl (C=O) groups is 3. The molecule has 4 rings (SSSR count). The largest absolute Gasteiger partial charge is 0.376 e. The summed E-state index contributed by atoms with van der Waals surface area (Å²) in [5.41, 5.74) is 1.17. The molecule has 0 aliphatic carbocycles. The van der Waals surface area contributed by atoms with E-state index in [0.29, 0.717) is 28.4 Å². The molecule has 2 heterocycles. The highest BCUT2D eigenvalue weighted by Crippen LogP contribution is 2.28. The molecule has 2 aromatic carbocycles. The van der Waals surface area contributed by atoms with Crippen molar-refractivity contribution in [1.29, 1.82) is 0 Å². The molecule has 8 heteroatoms. The number of nitrogens with zero attached hydrogens (tertiary/aromatic N) is 1. The van der Waals surface area contributed by atoms with Crippen molar-refractivity contribution in [2.75, 3.05) is 24.2 Å². The first-order valence-electron chi connectivity index (χ1n) is 9.31. The molecule has 6 nitrogen and oxygen atoms in total. The molecular weight excluding hydrogens is 412 g/mol. The van der Waals surface area contributed by atoms with E-state index in [-0.39, 0.29) is 36.1 Å². The van der Waals surface area contributed by atoms with Crippen LogP contribution in [-0.4, -0.2) is 47.6 Å². The normalized spacial score (nSPS) is 18.2. The van der Waals surface area contributed by atoms with Crippen LogP contribution in [0.15, 0.2) is 47.4 Å². The summed E-state index contributed by atoms with van der Waals surface area (Å²) in [6, 6.07) is 12.0. The van der Waals surface area contributed by atoms with E-state index in [2.05, 4.69) is 5.32 Å². The van der Waals surface area contributed by atoms with E-state index in [4.69, 9.17) is 16.3 Å². The van der Waals surface area contributed by atoms with Crippen molar-refractivity contribution in [3.8, 4) is 0 Å². The maximum absolute atomic E-state index is 12.7. The standard InChI is InChI=1S/C21H19ClN2O4S/c22-13-3-6-16(7-4-13)29-12-19(25)23-14-5-8-17-18(10-14)21(27)24(20(17)26)11-15-2-1-9-28-15/h3-8,10,15H,1-2,9,11-12H2,(H,23,25). The molecule has 2 aliphatic heterocycles. The zero-order valence-corrected chi connectivity index (χ0v) is 17.1. The molecule has 2 aromatic rings. The summed E-state index contributed by atoms with van der Waals surface area (Å²) < 4.78 is 5.54. The summed E-state index contributed by atoms with van der Waals surface area (Å²) in [6.07, 6.45) is 1.69. The monoisotopic (exact) mass is 430 g/mol. The molecule has 0 radical (unpaired) electrons. The van der Waals surface area contributed by atoms with Gasteiger partial charge >= 0.3 is 0 Å². The first kappa shape index (κ1) is 19.9. The zero-order chi connectivity index (χ0) is 20.4. The van der Waals surface area contributed by atoms with Crippen molar-refractivity contribution in [3.63, 3.8) is 0 Å². The Hall–Kier alpha value is -2.35. The van der Waals surface area contributed by atoms with Crippen LogP contribution < -0.4 is 5.32 Å². The van der Waals surface area contributed by atoms with Crippen LogP contribution in [0.4, 0.5) is 5.69 Å². The fraction of sp³-hybridized carbons (Fsp3) is 0.286. The van der Waals surface area contributed by atoms with Crippen LogP contribution in [0, 0.1) is 0 Å². The van der Waals surface area contributed by atoms with Crippen LogP contribution >= 0.6 is 23.4 Å². The van der Waals surface area contributed by atoms with Crippen molar-refractivity contribution in [2.45, 2.75) is 23.8 Å². The molecule has 0 aromatic heterocycles. The van der Waals surface area contributed by atoms with Gasteiger partial charge in [0.2, 0.25) is 5.91 Å². The number of amides is 3. The van der Waals surface area contributed by atoms with Crippen molar-refractivity contribution in [3.05, 3.63) is 58.6 Å². The van der Waals surface area contributed by atoms with Gasteiger partial charge in [0.1, 0.15) is 0 Å². The van der Waals surface area contributed by atoms with Gasteiger partial charge in [-0.3, -0.25) is 19.3 Å². The van der Waals surface area contributed by atoms with Gasteiger partial charge in [0.25, 0.3) is 11.8 Å². The number of carbonyl (C=O) groups excluding carboxylic acids is 3. The van der Waals surface area contributed by atoms with Crippen LogP contribution in [0.2, 0.25) is 5.02 Å². The van der Waals surface area contributed by atoms with Crippen LogP contribution in [0.5, 0.6) is 0 Å². The van der Waals surface area contributed by atoms with E-state index in [1.807, 2.05) is 12.1 Å². The Bertz CT molecular complexity index is 958. The summed E-state index contributed by atoms with van der Waals surface area (Å²) in [5.74, 6) is -0.627. The Morgan fingerprint density at radius 1 is 1.14 bits per heavy atom. The van der Waals surface area contributed by atoms with Crippen molar-refractivity contribution >= 4 is 46.8 Å². The summed E-state index contributed by atoms with van der Waals surface area (Å²) >= 11 is 7.24. The number of imide groups is 1. The van der Waals surface area contributed by atoms with E-state index < -0.39 is 0 Å². The number of thioether (sulfide) groups is 1. The highest BCUT2D eigenvalue weighted by atomic mass is 35.5. The van der Waals surface area contributed by atoms with Crippen LogP contribution in [-0.2, 0) is 9.53 Å². The van der Waals surface area contributed by atoms with Crippen LogP contribution in [0.25, 0.3) is 0 Å². The van der Waals surface area contributed by atoms with E-state index in [1.54, 1.807) is 30.3 Å². The fourth-order valence-electron chi connectivity index (χ4n) is 3.40. The quantitative estimate of drug-likeness (QED) is 0.556. The third-order valence-electron chi connectivity index (χ3n) is 4.85. The second-order valence-corrected chi connectivity index (χ2v) is 8.39. The molecule has 1 unspecified atom stereocenters. The Kier molecular flexibility index (Phi) is 5.89. The summed E-state index contributed by atoms with van der Waals surface area (Å²) in [5, 5.41) is 3.43. The van der Waals surface area contributed by atoms with E-state index in [1.165, 1.54) is 16.7 Å². The maximum Gasteiger partial charge on any atom is 0.261 e. The van der Waals surface area contributed by atoms with Gasteiger partial charge in [-0.2, -0.15) is 0 Å². The number of anilines is 1. The molecule has 3 amide bonds. The van der Waals surface area contributed by atoms with Gasteiger partial charge in [-0.25, -0.2) is 0 Å². The minimum atomic E-state index is -0.341. The van der Waals surface area contributed by atoms with Crippen LogP contribution in [0.1, 0.15) is 33.6 Å². The van der Waals surface area contributed by atoms with E-state index in [9.17, 15) is 14.4 Å². The minimum absolute atomic E-state index is 0.0960. The lowest BCUT2D eigenvalue weighted by Crippen LogP contribution is -2.36. The van der Waals surface area contributed by atoms with Crippen molar-refractivity contribution in [2.24, 2.45) is 0 Å². The maximum atomic E-state index is 12.7. The first-order valence-corrected chi connectivity index (χ1v) is 10.7. The molecule has 0 spiro atoms. The van der Waals surface area contributed by atoms with Crippen LogP contribution in [0.3, 0.4) is 0 Å². The van der Waals surface area contributed by atoms with Gasteiger partial charge in [-0.15, -0.1) is 11.8 Å². The minimum Gasteiger partial charge on any atom is -0.376 e. The number of hydrogen-bond acceptors (Lipinski definition) is 5. The highest BCUT2D eigenvalue weighted by molar-refractivity contribution is 8.00. The third kappa shape index (κ3) is 4.47. The topological polar surface area (TPSA) is 75.7 Å². The number of benzene rings is 2.